The van der Waals surface area contributed by atoms with Crippen molar-refractivity contribution in [2.75, 3.05) is 14.2 Å². The summed E-state index contributed by atoms with van der Waals surface area (Å²) >= 11 is 0. The molecule has 0 aliphatic rings. The monoisotopic (exact) mass is 246 g/mol. The summed E-state index contributed by atoms with van der Waals surface area (Å²) in [5, 5.41) is 0. The summed E-state index contributed by atoms with van der Waals surface area (Å²) in [7, 11) is -1.41. The van der Waals surface area contributed by atoms with Crippen LogP contribution in [-0.4, -0.2) is 32.6 Å². The van der Waals surface area contributed by atoms with Gasteiger partial charge in [0.05, 0.1) is 20.4 Å². The Balaban J connectivity index is 3.33. The summed E-state index contributed by atoms with van der Waals surface area (Å²) < 4.78 is 32.3. The van der Waals surface area contributed by atoms with E-state index in [0.29, 0.717) is 5.82 Å². The Kier molecular flexibility index (Phi) is 3.82. The molecule has 0 fully saturated rings. The second-order valence-electron chi connectivity index (χ2n) is 3.38. The van der Waals surface area contributed by atoms with E-state index in [-0.39, 0.29) is 16.7 Å². The van der Waals surface area contributed by atoms with Gasteiger partial charge in [0.1, 0.15) is 5.82 Å². The van der Waals surface area contributed by atoms with Gasteiger partial charge in [-0.15, -0.1) is 0 Å². The number of hydrogen-bond acceptors (Lipinski definition) is 6. The van der Waals surface area contributed by atoms with Crippen molar-refractivity contribution in [3.63, 3.8) is 0 Å². The normalized spacial score (nSPS) is 11.8. The summed E-state index contributed by atoms with van der Waals surface area (Å²) in [4.78, 5) is 7.80. The topological polar surface area (TPSA) is 78.4 Å². The Bertz CT molecular complexity index is 470. The molecule has 6 nitrogen and oxygen atoms in total. The fraction of sp³-hybridized carbons (Fsp3) is 0.556. The van der Waals surface area contributed by atoms with Crippen LogP contribution in [-0.2, 0) is 14.3 Å². The molecular formula is C9H14N2O4S. The van der Waals surface area contributed by atoms with Gasteiger partial charge in [-0.25, -0.2) is 4.98 Å². The molecule has 90 valence electrons. The molecular weight excluding hydrogens is 232 g/mol. The van der Waals surface area contributed by atoms with Crippen molar-refractivity contribution in [3.8, 4) is 5.88 Å². The van der Waals surface area contributed by atoms with Crippen LogP contribution in [0, 0.1) is 0 Å². The molecule has 0 unspecified atom stereocenters. The van der Waals surface area contributed by atoms with E-state index in [1.165, 1.54) is 13.3 Å². The van der Waals surface area contributed by atoms with Crippen LogP contribution in [0.5, 0.6) is 5.88 Å². The van der Waals surface area contributed by atoms with Gasteiger partial charge in [-0.05, 0) is 0 Å². The van der Waals surface area contributed by atoms with Crippen LogP contribution < -0.4 is 4.74 Å². The molecule has 0 amide bonds. The highest BCUT2D eigenvalue weighted by atomic mass is 32.2. The Morgan fingerprint density at radius 2 is 1.94 bits per heavy atom. The predicted octanol–water partition coefficient (Wildman–Crippen LogP) is 0.944. The first-order valence-corrected chi connectivity index (χ1v) is 6.04. The lowest BCUT2D eigenvalue weighted by atomic mass is 10.2. The molecule has 0 aliphatic heterocycles. The maximum absolute atomic E-state index is 11.5. The first-order chi connectivity index (χ1) is 7.42. The van der Waals surface area contributed by atoms with Gasteiger partial charge in [0.2, 0.25) is 5.88 Å². The molecule has 1 aromatic rings. The third kappa shape index (κ3) is 2.48. The van der Waals surface area contributed by atoms with Crippen molar-refractivity contribution >= 4 is 10.1 Å². The third-order valence-corrected chi connectivity index (χ3v) is 3.20. The summed E-state index contributed by atoms with van der Waals surface area (Å²) in [6.45, 7) is 3.80. The molecule has 0 N–H and O–H groups in total. The molecule has 16 heavy (non-hydrogen) atoms. The molecule has 0 bridgehead atoms. The zero-order chi connectivity index (χ0) is 12.3. The number of hydrogen-bond donors (Lipinski definition) is 0. The molecule has 0 radical (unpaired) electrons. The minimum absolute atomic E-state index is 0.000509. The quantitative estimate of drug-likeness (QED) is 0.736. The van der Waals surface area contributed by atoms with Crippen LogP contribution in [0.3, 0.4) is 0 Å². The smallest absolute Gasteiger partial charge is 0.303 e. The van der Waals surface area contributed by atoms with Gasteiger partial charge >= 0.3 is 10.1 Å². The predicted molar refractivity (Wildman–Crippen MR) is 56.9 cm³/mol. The maximum atomic E-state index is 11.5. The zero-order valence-electron chi connectivity index (χ0n) is 9.59. The number of nitrogens with zero attached hydrogens (tertiary/aromatic N) is 2. The molecule has 1 aromatic heterocycles. The first kappa shape index (κ1) is 12.9. The van der Waals surface area contributed by atoms with Gasteiger partial charge < -0.3 is 4.74 Å². The third-order valence-electron chi connectivity index (χ3n) is 1.94. The SMILES string of the molecule is COc1nc(C(C)C)ncc1S(=O)(=O)OC. The lowest BCUT2D eigenvalue weighted by Crippen LogP contribution is -2.09. The molecule has 1 heterocycles. The summed E-state index contributed by atoms with van der Waals surface area (Å²) in [5.74, 6) is 0.612. The average Bonchev–Trinajstić information content (AvgIpc) is 2.28. The van der Waals surface area contributed by atoms with Crippen LogP contribution in [0.4, 0.5) is 0 Å². The van der Waals surface area contributed by atoms with Gasteiger partial charge in [-0.2, -0.15) is 13.4 Å². The van der Waals surface area contributed by atoms with Crippen LogP contribution in [0.2, 0.25) is 0 Å². The molecule has 0 aliphatic carbocycles. The number of rotatable bonds is 4. The van der Waals surface area contributed by atoms with E-state index in [1.54, 1.807) is 0 Å². The molecule has 0 aromatic carbocycles. The minimum atomic E-state index is -3.83. The summed E-state index contributed by atoms with van der Waals surface area (Å²) in [5.41, 5.74) is 0. The van der Waals surface area contributed by atoms with Crippen LogP contribution in [0.25, 0.3) is 0 Å². The highest BCUT2D eigenvalue weighted by molar-refractivity contribution is 7.86. The van der Waals surface area contributed by atoms with E-state index in [1.807, 2.05) is 13.8 Å². The number of aromatic nitrogens is 2. The fourth-order valence-electron chi connectivity index (χ4n) is 1.05. The van der Waals surface area contributed by atoms with Crippen molar-refractivity contribution < 1.29 is 17.3 Å². The molecule has 1 rings (SSSR count). The Morgan fingerprint density at radius 3 is 2.38 bits per heavy atom. The fourth-order valence-corrected chi connectivity index (χ4v) is 1.76. The molecule has 0 saturated carbocycles. The van der Waals surface area contributed by atoms with E-state index < -0.39 is 10.1 Å². The number of ether oxygens (including phenoxy) is 1. The van der Waals surface area contributed by atoms with Crippen LogP contribution >= 0.6 is 0 Å². The van der Waals surface area contributed by atoms with Crippen molar-refractivity contribution in [2.24, 2.45) is 0 Å². The Morgan fingerprint density at radius 1 is 1.31 bits per heavy atom. The van der Waals surface area contributed by atoms with E-state index in [0.717, 1.165) is 7.11 Å². The van der Waals surface area contributed by atoms with Gasteiger partial charge in [-0.3, -0.25) is 4.18 Å². The second-order valence-corrected chi connectivity index (χ2v) is 5.06. The van der Waals surface area contributed by atoms with E-state index in [4.69, 9.17) is 4.74 Å². The maximum Gasteiger partial charge on any atom is 0.303 e. The second kappa shape index (κ2) is 4.75. The van der Waals surface area contributed by atoms with Gasteiger partial charge in [0, 0.05) is 5.92 Å². The summed E-state index contributed by atoms with van der Waals surface area (Å²) in [6.07, 6.45) is 1.19. The Labute approximate surface area is 94.8 Å². The van der Waals surface area contributed by atoms with E-state index in [9.17, 15) is 8.42 Å². The van der Waals surface area contributed by atoms with Crippen molar-refractivity contribution in [1.82, 2.24) is 9.97 Å². The molecule has 0 saturated heterocycles. The van der Waals surface area contributed by atoms with E-state index >= 15 is 0 Å². The minimum Gasteiger partial charge on any atom is -0.480 e. The molecule has 0 atom stereocenters. The first-order valence-electron chi connectivity index (χ1n) is 4.64. The van der Waals surface area contributed by atoms with Gasteiger partial charge in [-0.1, -0.05) is 13.8 Å². The standard InChI is InChI=1S/C9H14N2O4S/c1-6(2)8-10-5-7(9(11-8)14-3)16(12,13)15-4/h5-6H,1-4H3. The lowest BCUT2D eigenvalue weighted by Gasteiger charge is -2.09. The largest absolute Gasteiger partial charge is 0.480 e. The van der Waals surface area contributed by atoms with Crippen molar-refractivity contribution in [3.05, 3.63) is 12.0 Å². The highest BCUT2D eigenvalue weighted by Gasteiger charge is 2.22. The van der Waals surface area contributed by atoms with Crippen LogP contribution in [0.15, 0.2) is 11.1 Å². The van der Waals surface area contributed by atoms with Crippen molar-refractivity contribution in [1.29, 1.82) is 0 Å². The average molecular weight is 246 g/mol. The molecule has 0 spiro atoms. The highest BCUT2D eigenvalue weighted by Crippen LogP contribution is 2.23. The zero-order valence-corrected chi connectivity index (χ0v) is 10.4. The van der Waals surface area contributed by atoms with E-state index in [2.05, 4.69) is 14.2 Å². The molecule has 7 heteroatoms. The van der Waals surface area contributed by atoms with Gasteiger partial charge in [0.25, 0.3) is 0 Å². The summed E-state index contributed by atoms with van der Waals surface area (Å²) in [6, 6.07) is 0. The van der Waals surface area contributed by atoms with Crippen molar-refractivity contribution in [2.45, 2.75) is 24.7 Å². The Hall–Kier alpha value is -1.21. The van der Waals surface area contributed by atoms with Gasteiger partial charge in [0.15, 0.2) is 4.90 Å². The number of methoxy groups -OCH3 is 1. The van der Waals surface area contributed by atoms with Crippen LogP contribution in [0.1, 0.15) is 25.6 Å². The lowest BCUT2D eigenvalue weighted by molar-refractivity contribution is 0.364.